The van der Waals surface area contributed by atoms with E-state index < -0.39 is 47.0 Å². The SMILES string of the molecule is CC(=O)N1CCC(CCC(=O)Nc2ccc(F)c(F)c2)(c2ccc(-c3cccc(C#N)c3)cc2)CC1.N#Cc1cccc(-c2ccc(C3(OCC(=O)Nc4cc(Cl)cc(Cl)c4)CCN(C4CCC(C(F)(F)F)CC4)CC3)cc2)c1.N#Cc1cccc(-c2ccc(C3(OCC(=O)Nc4cc(Cl)cc(Cl)c4)CCN(C4CCCC(C(F)(F)F)C4)CC3)cc2)c1. The van der Waals surface area contributed by atoms with E-state index in [1.54, 1.807) is 61.5 Å². The highest BCUT2D eigenvalue weighted by molar-refractivity contribution is 6.35. The van der Waals surface area contributed by atoms with Crippen LogP contribution in [0.2, 0.25) is 20.1 Å². The number of benzene rings is 9. The largest absolute Gasteiger partial charge is 0.391 e. The molecule has 3 N–H and O–H groups in total. The summed E-state index contributed by atoms with van der Waals surface area (Å²) in [6, 6.07) is 65.4. The maximum atomic E-state index is 13.5. The number of nitrogens with one attached hydrogen (secondary N) is 3. The molecule has 27 heteroatoms. The zero-order valence-electron chi connectivity index (χ0n) is 67.0. The molecule has 0 bridgehead atoms. The Morgan fingerprint density at radius 3 is 1.22 bits per heavy atom. The van der Waals surface area contributed by atoms with Crippen LogP contribution in [0.25, 0.3) is 33.4 Å². The first-order chi connectivity index (χ1) is 58.4. The molecule has 9 aromatic rings. The molecule has 2 atom stereocenters. The molecule has 3 aliphatic heterocycles. The monoisotopic (exact) mass is 1750 g/mol. The van der Waals surface area contributed by atoms with Gasteiger partial charge in [-0.3, -0.25) is 19.2 Å². The number of nitrogens with zero attached hydrogens (tertiary/aromatic N) is 6. The van der Waals surface area contributed by atoms with Crippen LogP contribution in [0.5, 0.6) is 0 Å². The number of carbonyl (C=O) groups excluding carboxylic acids is 4. The van der Waals surface area contributed by atoms with Gasteiger partial charge in [-0.15, -0.1) is 0 Å². The normalized spacial score (nSPS) is 19.0. The molecule has 122 heavy (non-hydrogen) atoms. The Hall–Kier alpha value is -10.2. The van der Waals surface area contributed by atoms with E-state index in [0.717, 1.165) is 68.6 Å². The third-order valence-electron chi connectivity index (χ3n) is 24.3. The minimum Gasteiger partial charge on any atom is -0.360 e. The third kappa shape index (κ3) is 24.0. The van der Waals surface area contributed by atoms with Crippen molar-refractivity contribution in [2.75, 3.05) is 68.4 Å². The number of anilines is 3. The molecular weight excluding hydrogens is 1660 g/mol. The molecule has 5 aliphatic rings. The summed E-state index contributed by atoms with van der Waals surface area (Å²) in [5, 5.41) is 37.6. The lowest BCUT2D eigenvalue weighted by molar-refractivity contribution is -0.188. The number of alkyl halides is 6. The minimum atomic E-state index is -4.17. The average Bonchev–Trinajstić information content (AvgIpc) is 0.785. The molecule has 5 fully saturated rings. The smallest absolute Gasteiger partial charge is 0.360 e. The Kier molecular flexibility index (Phi) is 30.5. The Morgan fingerprint density at radius 1 is 0.426 bits per heavy atom. The predicted octanol–water partition coefficient (Wildman–Crippen LogP) is 23.0. The van der Waals surface area contributed by atoms with E-state index in [-0.39, 0.29) is 92.1 Å². The van der Waals surface area contributed by atoms with E-state index in [1.165, 1.54) is 6.07 Å². The zero-order chi connectivity index (χ0) is 86.9. The Bertz CT molecular complexity index is 5260. The van der Waals surface area contributed by atoms with E-state index in [9.17, 15) is 70.1 Å². The van der Waals surface area contributed by atoms with Crippen molar-refractivity contribution < 1.29 is 63.8 Å². The van der Waals surface area contributed by atoms with Gasteiger partial charge in [0.15, 0.2) is 11.6 Å². The molecule has 0 aromatic heterocycles. The number of rotatable bonds is 20. The number of halogens is 12. The van der Waals surface area contributed by atoms with Gasteiger partial charge in [-0.25, -0.2) is 8.78 Å². The zero-order valence-corrected chi connectivity index (χ0v) is 70.0. The molecule has 15 nitrogen and oxygen atoms in total. The van der Waals surface area contributed by atoms with Crippen molar-refractivity contribution in [2.45, 2.75) is 151 Å². The van der Waals surface area contributed by atoms with E-state index in [1.807, 2.05) is 120 Å². The molecule has 3 heterocycles. The van der Waals surface area contributed by atoms with Crippen LogP contribution < -0.4 is 16.0 Å². The lowest BCUT2D eigenvalue weighted by atomic mass is 9.69. The van der Waals surface area contributed by atoms with Crippen molar-refractivity contribution >= 4 is 87.1 Å². The Morgan fingerprint density at radius 2 is 0.828 bits per heavy atom. The van der Waals surface area contributed by atoms with Gasteiger partial charge in [0.2, 0.25) is 23.6 Å². The summed E-state index contributed by atoms with van der Waals surface area (Å²) in [6.45, 7) is 4.77. The van der Waals surface area contributed by atoms with Gasteiger partial charge in [0.05, 0.1) is 57.9 Å². The van der Waals surface area contributed by atoms with Crippen molar-refractivity contribution in [1.29, 1.82) is 15.8 Å². The summed E-state index contributed by atoms with van der Waals surface area (Å²) in [4.78, 5) is 56.7. The molecule has 636 valence electrons. The second kappa shape index (κ2) is 40.8. The van der Waals surface area contributed by atoms with Gasteiger partial charge in [-0.2, -0.15) is 42.1 Å². The van der Waals surface area contributed by atoms with Crippen molar-refractivity contribution in [2.24, 2.45) is 11.8 Å². The summed E-state index contributed by atoms with van der Waals surface area (Å²) >= 11 is 24.3. The summed E-state index contributed by atoms with van der Waals surface area (Å²) in [5.41, 5.74) is 9.57. The highest BCUT2D eigenvalue weighted by Crippen LogP contribution is 2.47. The fourth-order valence-corrected chi connectivity index (χ4v) is 18.5. The van der Waals surface area contributed by atoms with Crippen molar-refractivity contribution in [3.63, 3.8) is 0 Å². The number of hydrogen-bond acceptors (Lipinski definition) is 11. The molecule has 0 radical (unpaired) electrons. The molecule has 4 amide bonds. The number of ether oxygens (including phenoxy) is 2. The van der Waals surface area contributed by atoms with E-state index in [4.69, 9.17) is 55.9 Å². The number of hydrogen-bond donors (Lipinski definition) is 3. The first-order valence-corrected chi connectivity index (χ1v) is 42.1. The summed E-state index contributed by atoms with van der Waals surface area (Å²) in [7, 11) is 0. The molecule has 2 saturated carbocycles. The fourth-order valence-electron chi connectivity index (χ4n) is 17.5. The molecule has 9 aromatic carbocycles. The maximum absolute atomic E-state index is 13.5. The van der Waals surface area contributed by atoms with Crippen molar-refractivity contribution in [3.8, 4) is 51.6 Å². The van der Waals surface area contributed by atoms with Gasteiger partial charge in [-0.05, 0) is 230 Å². The van der Waals surface area contributed by atoms with E-state index in [0.29, 0.717) is 152 Å². The highest BCUT2D eigenvalue weighted by atomic mass is 35.5. The van der Waals surface area contributed by atoms with Gasteiger partial charge in [0, 0.05) is 108 Å². The first-order valence-electron chi connectivity index (χ1n) is 40.6. The number of carbonyl (C=O) groups is 4. The van der Waals surface area contributed by atoms with Gasteiger partial charge < -0.3 is 40.1 Å². The Labute approximate surface area is 724 Å². The van der Waals surface area contributed by atoms with Crippen LogP contribution in [0.3, 0.4) is 0 Å². The van der Waals surface area contributed by atoms with Gasteiger partial charge >= 0.3 is 12.4 Å². The fraction of sp³-hybridized carbons (Fsp3) is 0.358. The second-order valence-electron chi connectivity index (χ2n) is 31.9. The molecule has 2 aliphatic carbocycles. The first kappa shape index (κ1) is 91.0. The molecule has 0 spiro atoms. The number of piperidine rings is 3. The van der Waals surface area contributed by atoms with Crippen LogP contribution in [-0.4, -0.2) is 115 Å². The lowest BCUT2D eigenvalue weighted by Gasteiger charge is -2.46. The quantitative estimate of drug-likeness (QED) is 0.0612. The lowest BCUT2D eigenvalue weighted by Crippen LogP contribution is -2.50. The van der Waals surface area contributed by atoms with Crippen LogP contribution in [0.4, 0.5) is 52.2 Å². The molecule has 2 unspecified atom stereocenters. The van der Waals surface area contributed by atoms with Crippen LogP contribution >= 0.6 is 46.4 Å². The number of likely N-dealkylation sites (tertiary alicyclic amines) is 3. The van der Waals surface area contributed by atoms with E-state index in [2.05, 4.69) is 56.1 Å². The van der Waals surface area contributed by atoms with Gasteiger partial charge in [0.25, 0.3) is 0 Å². The molecule has 3 saturated heterocycles. The average molecular weight is 1750 g/mol. The molecule has 14 rings (SSSR count). The second-order valence-corrected chi connectivity index (χ2v) is 33.7. The maximum Gasteiger partial charge on any atom is 0.391 e. The van der Waals surface area contributed by atoms with Gasteiger partial charge in [0.1, 0.15) is 13.2 Å². The van der Waals surface area contributed by atoms with Crippen LogP contribution in [0.1, 0.15) is 143 Å². The summed E-state index contributed by atoms with van der Waals surface area (Å²) < 4.78 is 120. The standard InChI is InChI=1S/2C33H32Cl2F3N3O2.C29H27F2N3O2/c34-27-17-28(35)19-29(18-27)40-31(42)21-43-32(25-9-7-23(8-10-25)24-4-1-3-22(15-24)20-39)11-13-41(14-12-32)30-6-2-5-26(16-30)33(36,37)38;34-27-17-28(35)19-29(18-27)40-31(42)21-43-32(25-6-4-23(5-7-25)24-3-1-2-22(16-24)20-39)12-14-41(15-13-32)30-10-8-26(9-11-30)33(36,37)38;1-20(35)34-15-13-29(14-16-34,12-11-28(36)33-25-9-10-26(30)27(31)18-25)24-7-5-22(6-8-24)23-4-2-3-21(17-23)19-32/h1,3-4,7-10,15,17-19,26,30H,2,5-6,11-14,16,21H2,(H,40,42);1-7,16-19,26,30H,8-15,21H2,(H,40,42);2-10,17-18H,11-16H2,1H3,(H,33,36). The van der Waals surface area contributed by atoms with Crippen LogP contribution in [0, 0.1) is 57.5 Å². The van der Waals surface area contributed by atoms with E-state index >= 15 is 0 Å². The molecular formula is C95H91Cl4F8N9O6. The summed E-state index contributed by atoms with van der Waals surface area (Å²) in [6.07, 6.45) is -0.874. The minimum absolute atomic E-state index is 0.0346. The van der Waals surface area contributed by atoms with Crippen LogP contribution in [0.15, 0.2) is 200 Å². The Balaban J connectivity index is 0.000000168. The van der Waals surface area contributed by atoms with Crippen molar-refractivity contribution in [3.05, 3.63) is 265 Å². The number of nitriles is 3. The topological polar surface area (TPSA) is 204 Å². The third-order valence-corrected chi connectivity index (χ3v) is 25.1. The number of amides is 4. The predicted molar refractivity (Wildman–Crippen MR) is 458 cm³/mol. The van der Waals surface area contributed by atoms with Crippen molar-refractivity contribution in [1.82, 2.24) is 14.7 Å². The summed E-state index contributed by atoms with van der Waals surface area (Å²) in [5.74, 6) is -5.41. The van der Waals surface area contributed by atoms with Gasteiger partial charge in [-0.1, -0.05) is 162 Å². The highest BCUT2D eigenvalue weighted by Gasteiger charge is 2.48. The van der Waals surface area contributed by atoms with Crippen LogP contribution in [-0.2, 0) is 45.3 Å².